The number of fused-ring (bicyclic) bond motifs is 3. The van der Waals surface area contributed by atoms with E-state index in [1.165, 1.54) is 6.33 Å². The molecule has 1 aromatic carbocycles. The smallest absolute Gasteiger partial charge is 0.413 e. The normalized spacial score (nSPS) is 18.2. The summed E-state index contributed by atoms with van der Waals surface area (Å²) in [5.41, 5.74) is 3.42. The molecule has 0 aliphatic carbocycles. The highest BCUT2D eigenvalue weighted by atomic mass is 35.5. The van der Waals surface area contributed by atoms with Crippen LogP contribution in [-0.2, 0) is 21.7 Å². The van der Waals surface area contributed by atoms with Gasteiger partial charge in [0.05, 0.1) is 11.5 Å². The first-order valence-electron chi connectivity index (χ1n) is 13.6. The summed E-state index contributed by atoms with van der Waals surface area (Å²) >= 11 is 6.49. The third-order valence-electron chi connectivity index (χ3n) is 8.39. The molecule has 3 aliphatic heterocycles. The standard InChI is InChI=1S/C29H28ClN7O4/c1-17-19(4-2-6-22(17)30)20-14-37(27-24(20)26(32-16-33-27)36-12-18(38)13-36)15-23(39)35-10-7-29(8-11-35)21-5-3-9-31-25(21)34-28(40)41-29/h2-6,9,14,16,18,38H,7-8,10-13,15H2,1H3,(H,31,34,40). The first-order chi connectivity index (χ1) is 19.8. The van der Waals surface area contributed by atoms with Crippen molar-refractivity contribution in [2.45, 2.75) is 38.0 Å². The van der Waals surface area contributed by atoms with E-state index >= 15 is 0 Å². The number of aliphatic hydroxyl groups excluding tert-OH is 1. The van der Waals surface area contributed by atoms with E-state index in [0.29, 0.717) is 55.5 Å². The molecule has 0 bridgehead atoms. The van der Waals surface area contributed by atoms with Crippen LogP contribution < -0.4 is 10.2 Å². The molecule has 0 atom stereocenters. The van der Waals surface area contributed by atoms with Crippen molar-refractivity contribution in [3.05, 3.63) is 65.2 Å². The van der Waals surface area contributed by atoms with Gasteiger partial charge in [-0.05, 0) is 36.2 Å². The minimum atomic E-state index is -0.802. The number of nitrogens with zero attached hydrogens (tertiary/aromatic N) is 6. The van der Waals surface area contributed by atoms with E-state index in [4.69, 9.17) is 16.3 Å². The Labute approximate surface area is 240 Å². The van der Waals surface area contributed by atoms with Crippen molar-refractivity contribution in [1.29, 1.82) is 0 Å². The Morgan fingerprint density at radius 3 is 2.73 bits per heavy atom. The van der Waals surface area contributed by atoms with Gasteiger partial charge >= 0.3 is 6.09 Å². The Hall–Kier alpha value is -4.22. The summed E-state index contributed by atoms with van der Waals surface area (Å²) in [7, 11) is 0. The van der Waals surface area contributed by atoms with E-state index in [1.54, 1.807) is 11.1 Å². The fraction of sp³-hybridized carbons (Fsp3) is 0.345. The first-order valence-corrected chi connectivity index (χ1v) is 14.0. The molecule has 11 nitrogen and oxygen atoms in total. The zero-order valence-electron chi connectivity index (χ0n) is 22.4. The van der Waals surface area contributed by atoms with Gasteiger partial charge < -0.3 is 24.2 Å². The Morgan fingerprint density at radius 2 is 1.95 bits per heavy atom. The lowest BCUT2D eigenvalue weighted by atomic mass is 9.83. The predicted octanol–water partition coefficient (Wildman–Crippen LogP) is 3.72. The van der Waals surface area contributed by atoms with Crippen molar-refractivity contribution in [2.24, 2.45) is 0 Å². The zero-order valence-corrected chi connectivity index (χ0v) is 23.1. The van der Waals surface area contributed by atoms with Crippen molar-refractivity contribution in [1.82, 2.24) is 24.4 Å². The molecule has 7 rings (SSSR count). The van der Waals surface area contributed by atoms with Gasteiger partial charge in [-0.2, -0.15) is 0 Å². The topological polar surface area (TPSA) is 126 Å². The van der Waals surface area contributed by atoms with E-state index in [-0.39, 0.29) is 12.5 Å². The van der Waals surface area contributed by atoms with Gasteiger partial charge in [0.2, 0.25) is 5.91 Å². The number of rotatable bonds is 4. The van der Waals surface area contributed by atoms with Gasteiger partial charge in [-0.3, -0.25) is 10.1 Å². The lowest BCUT2D eigenvalue weighted by molar-refractivity contribution is -0.136. The Morgan fingerprint density at radius 1 is 1.15 bits per heavy atom. The molecule has 2 saturated heterocycles. The summed E-state index contributed by atoms with van der Waals surface area (Å²) in [5.74, 6) is 1.18. The molecule has 0 saturated carbocycles. The van der Waals surface area contributed by atoms with Crippen molar-refractivity contribution in [2.75, 3.05) is 36.4 Å². The van der Waals surface area contributed by atoms with Crippen LogP contribution in [0.3, 0.4) is 0 Å². The average molecular weight is 574 g/mol. The van der Waals surface area contributed by atoms with Gasteiger partial charge in [0.1, 0.15) is 35.8 Å². The van der Waals surface area contributed by atoms with Gasteiger partial charge in [-0.15, -0.1) is 0 Å². The van der Waals surface area contributed by atoms with E-state index < -0.39 is 17.8 Å². The van der Waals surface area contributed by atoms with Crippen LogP contribution in [0.2, 0.25) is 5.02 Å². The molecule has 41 heavy (non-hydrogen) atoms. The van der Waals surface area contributed by atoms with Crippen LogP contribution in [0.4, 0.5) is 16.4 Å². The molecule has 210 valence electrons. The number of carbonyl (C=O) groups is 2. The molecule has 3 aromatic heterocycles. The Kier molecular flexibility index (Phi) is 6.09. The number of piperidine rings is 1. The van der Waals surface area contributed by atoms with Crippen LogP contribution in [0, 0.1) is 6.92 Å². The number of halogens is 1. The Bertz CT molecular complexity index is 1690. The number of hydrogen-bond donors (Lipinski definition) is 2. The second-order valence-corrected chi connectivity index (χ2v) is 11.2. The summed E-state index contributed by atoms with van der Waals surface area (Å²) in [6.07, 6.45) is 5.11. The van der Waals surface area contributed by atoms with Crippen LogP contribution in [0.25, 0.3) is 22.2 Å². The van der Waals surface area contributed by atoms with E-state index in [9.17, 15) is 14.7 Å². The second-order valence-electron chi connectivity index (χ2n) is 10.8. The summed E-state index contributed by atoms with van der Waals surface area (Å²) in [4.78, 5) is 43.2. The van der Waals surface area contributed by atoms with Crippen LogP contribution in [-0.4, -0.2) is 73.8 Å². The average Bonchev–Trinajstić information content (AvgIpc) is 3.31. The van der Waals surface area contributed by atoms with Crippen molar-refractivity contribution in [3.63, 3.8) is 0 Å². The minimum absolute atomic E-state index is 0.0580. The van der Waals surface area contributed by atoms with Crippen molar-refractivity contribution in [3.8, 4) is 11.1 Å². The summed E-state index contributed by atoms with van der Waals surface area (Å²) < 4.78 is 7.66. The highest BCUT2D eigenvalue weighted by Gasteiger charge is 2.45. The summed E-state index contributed by atoms with van der Waals surface area (Å²) in [6.45, 7) is 3.89. The quantitative estimate of drug-likeness (QED) is 0.378. The number of hydrogen-bond acceptors (Lipinski definition) is 8. The van der Waals surface area contributed by atoms with E-state index in [1.807, 2.05) is 52.9 Å². The molecular weight excluding hydrogens is 546 g/mol. The number of pyridine rings is 1. The largest absolute Gasteiger partial charge is 0.437 e. The predicted molar refractivity (Wildman–Crippen MR) is 153 cm³/mol. The molecule has 4 aromatic rings. The van der Waals surface area contributed by atoms with Crippen LogP contribution >= 0.6 is 11.6 Å². The van der Waals surface area contributed by atoms with Gasteiger partial charge in [-0.1, -0.05) is 23.7 Å². The van der Waals surface area contributed by atoms with Crippen molar-refractivity contribution < 1.29 is 19.4 Å². The number of aromatic nitrogens is 4. The molecule has 0 radical (unpaired) electrons. The summed E-state index contributed by atoms with van der Waals surface area (Å²) in [5, 5.41) is 14.1. The molecular formula is C29H28ClN7O4. The first kappa shape index (κ1) is 25.7. The number of β-amino-alcohol motifs (C(OH)–C–C–N with tert-alkyl or cyclic N) is 1. The molecule has 0 unspecified atom stereocenters. The van der Waals surface area contributed by atoms with Crippen LogP contribution in [0.1, 0.15) is 24.0 Å². The SMILES string of the molecule is Cc1c(Cl)cccc1-c1cn(CC(=O)N2CCC3(CC2)OC(=O)Nc2ncccc23)c2ncnc(N3CC(O)C3)c12. The monoisotopic (exact) mass is 573 g/mol. The highest BCUT2D eigenvalue weighted by molar-refractivity contribution is 6.31. The highest BCUT2D eigenvalue weighted by Crippen LogP contribution is 2.43. The van der Waals surface area contributed by atoms with Crippen molar-refractivity contribution >= 4 is 46.3 Å². The maximum absolute atomic E-state index is 13.7. The maximum atomic E-state index is 13.7. The lowest BCUT2D eigenvalue weighted by Gasteiger charge is -2.43. The van der Waals surface area contributed by atoms with Gasteiger partial charge in [0.25, 0.3) is 0 Å². The molecule has 1 spiro atoms. The molecule has 6 heterocycles. The zero-order chi connectivity index (χ0) is 28.3. The molecule has 2 amide bonds. The third-order valence-corrected chi connectivity index (χ3v) is 8.80. The number of amides is 2. The van der Waals surface area contributed by atoms with Crippen LogP contribution in [0.15, 0.2) is 49.1 Å². The van der Waals surface area contributed by atoms with Gasteiger partial charge in [-0.25, -0.2) is 19.7 Å². The number of anilines is 2. The molecule has 2 fully saturated rings. The Balaban J connectivity index is 1.19. The van der Waals surface area contributed by atoms with Crippen LogP contribution in [0.5, 0.6) is 0 Å². The van der Waals surface area contributed by atoms with E-state index in [0.717, 1.165) is 33.5 Å². The second kappa shape index (κ2) is 9.71. The van der Waals surface area contributed by atoms with Gasteiger partial charge in [0.15, 0.2) is 0 Å². The van der Waals surface area contributed by atoms with E-state index in [2.05, 4.69) is 20.3 Å². The number of benzene rings is 1. The summed E-state index contributed by atoms with van der Waals surface area (Å²) in [6, 6.07) is 9.50. The number of nitrogens with one attached hydrogen (secondary N) is 1. The fourth-order valence-electron chi connectivity index (χ4n) is 6.16. The maximum Gasteiger partial charge on any atom is 0.413 e. The minimum Gasteiger partial charge on any atom is -0.437 e. The fourth-order valence-corrected chi connectivity index (χ4v) is 6.34. The molecule has 3 aliphatic rings. The molecule has 2 N–H and O–H groups in total. The number of likely N-dealkylation sites (tertiary alicyclic amines) is 1. The lowest BCUT2D eigenvalue weighted by Crippen LogP contribution is -2.51. The molecule has 12 heteroatoms. The number of ether oxygens (including phenoxy) is 1. The number of carbonyl (C=O) groups excluding carboxylic acids is 2. The third kappa shape index (κ3) is 4.27. The number of aliphatic hydroxyl groups is 1. The van der Waals surface area contributed by atoms with Gasteiger partial charge in [0, 0.05) is 67.6 Å².